The van der Waals surface area contributed by atoms with Crippen molar-refractivity contribution in [2.45, 2.75) is 96.1 Å². The third-order valence-corrected chi connectivity index (χ3v) is 8.12. The first-order chi connectivity index (χ1) is 19.6. The number of aromatic hydroxyl groups is 1. The number of amides is 2. The Morgan fingerprint density at radius 3 is 2.51 bits per heavy atom. The van der Waals surface area contributed by atoms with Gasteiger partial charge in [-0.2, -0.15) is 0 Å². The van der Waals surface area contributed by atoms with Crippen LogP contribution in [0, 0.1) is 0 Å². The predicted molar refractivity (Wildman–Crippen MR) is 157 cm³/mol. The number of anilines is 2. The van der Waals surface area contributed by atoms with Gasteiger partial charge < -0.3 is 30.5 Å². The number of carbonyl (C=O) groups is 2. The molecule has 4 N–H and O–H groups in total. The van der Waals surface area contributed by atoms with Gasteiger partial charge in [-0.25, -0.2) is 9.78 Å². The minimum absolute atomic E-state index is 0.0387. The number of nitrogens with one attached hydrogen (secondary N) is 2. The molecule has 2 aromatic rings. The number of fused-ring (bicyclic) bond motifs is 1. The highest BCUT2D eigenvalue weighted by atomic mass is 16.6. The van der Waals surface area contributed by atoms with Crippen molar-refractivity contribution in [2.75, 3.05) is 29.9 Å². The minimum Gasteiger partial charge on any atom is -0.508 e. The maximum atomic E-state index is 13.4. The van der Waals surface area contributed by atoms with Crippen LogP contribution in [0.25, 0.3) is 0 Å². The third kappa shape index (κ3) is 7.22. The molecule has 10 nitrogen and oxygen atoms in total. The van der Waals surface area contributed by atoms with Crippen LogP contribution in [0.1, 0.15) is 80.8 Å². The maximum Gasteiger partial charge on any atom is 0.410 e. The lowest BCUT2D eigenvalue weighted by Crippen LogP contribution is -2.54. The predicted octanol–water partition coefficient (Wildman–Crippen LogP) is 4.19. The van der Waals surface area contributed by atoms with E-state index in [9.17, 15) is 19.8 Å². The second-order valence-corrected chi connectivity index (χ2v) is 12.5. The van der Waals surface area contributed by atoms with Gasteiger partial charge in [0.2, 0.25) is 0 Å². The van der Waals surface area contributed by atoms with E-state index in [0.717, 1.165) is 55.7 Å². The number of pyridine rings is 1. The Balaban J connectivity index is 1.31. The van der Waals surface area contributed by atoms with Crippen LogP contribution >= 0.6 is 0 Å². The molecule has 0 unspecified atom stereocenters. The van der Waals surface area contributed by atoms with Gasteiger partial charge in [-0.15, -0.1) is 0 Å². The molecule has 0 radical (unpaired) electrons. The summed E-state index contributed by atoms with van der Waals surface area (Å²) < 4.78 is 5.63. The quantitative estimate of drug-likeness (QED) is 0.394. The van der Waals surface area contributed by atoms with Crippen LogP contribution in [-0.2, 0) is 17.7 Å². The Hall–Kier alpha value is -3.53. The first-order valence-electron chi connectivity index (χ1n) is 14.9. The normalized spacial score (nSPS) is 20.0. The molecular formula is C31H43N5O5. The monoisotopic (exact) mass is 565 g/mol. The fourth-order valence-electron chi connectivity index (χ4n) is 5.66. The summed E-state index contributed by atoms with van der Waals surface area (Å²) >= 11 is 0. The third-order valence-electron chi connectivity index (χ3n) is 8.12. The van der Waals surface area contributed by atoms with Crippen LogP contribution in [0.5, 0.6) is 5.75 Å². The summed E-state index contributed by atoms with van der Waals surface area (Å²) in [5.41, 5.74) is 1.52. The molecule has 1 aliphatic carbocycles. The lowest BCUT2D eigenvalue weighted by atomic mass is 9.91. The number of hydrogen-bond donors (Lipinski definition) is 4. The highest BCUT2D eigenvalue weighted by Gasteiger charge is 2.37. The van der Waals surface area contributed by atoms with E-state index in [-0.39, 0.29) is 24.7 Å². The summed E-state index contributed by atoms with van der Waals surface area (Å²) in [5.74, 6) is 1.31. The molecule has 1 saturated heterocycles. The van der Waals surface area contributed by atoms with Crippen molar-refractivity contribution in [3.05, 3.63) is 47.0 Å². The molecule has 222 valence electrons. The van der Waals surface area contributed by atoms with Crippen molar-refractivity contribution >= 4 is 23.6 Å². The van der Waals surface area contributed by atoms with E-state index in [1.165, 1.54) is 17.7 Å². The molecular weight excluding hydrogens is 522 g/mol. The number of hydrogen-bond acceptors (Lipinski definition) is 8. The summed E-state index contributed by atoms with van der Waals surface area (Å²) in [7, 11) is 0. The first-order valence-corrected chi connectivity index (χ1v) is 14.9. The van der Waals surface area contributed by atoms with Crippen molar-refractivity contribution in [1.29, 1.82) is 0 Å². The average molecular weight is 566 g/mol. The minimum atomic E-state index is -1.04. The summed E-state index contributed by atoms with van der Waals surface area (Å²) in [6, 6.07) is 8.43. The molecule has 0 bridgehead atoms. The molecule has 5 rings (SSSR count). The fraction of sp³-hybridized carbons (Fsp3) is 0.581. The number of ether oxygens (including phenoxy) is 1. The number of piperidine rings is 1. The van der Waals surface area contributed by atoms with Crippen molar-refractivity contribution in [3.8, 4) is 5.75 Å². The Morgan fingerprint density at radius 2 is 1.83 bits per heavy atom. The topological polar surface area (TPSA) is 127 Å². The smallest absolute Gasteiger partial charge is 0.410 e. The Morgan fingerprint density at radius 1 is 1.07 bits per heavy atom. The number of rotatable bonds is 7. The van der Waals surface area contributed by atoms with Crippen molar-refractivity contribution in [3.63, 3.8) is 0 Å². The SMILES string of the molecule is CC(C)(C)OC(=O)N1Cc2cc(O)ccc2C[C@H]1[C@H](O)CNC(=O)c1cc(NC2CCC2)nc(N2CCCCC2)c1. The van der Waals surface area contributed by atoms with E-state index in [2.05, 4.69) is 15.5 Å². The molecule has 1 aromatic carbocycles. The van der Waals surface area contributed by atoms with Gasteiger partial charge in [-0.3, -0.25) is 9.69 Å². The molecule has 0 spiro atoms. The molecule has 3 heterocycles. The number of aliphatic hydroxyl groups is 1. The second kappa shape index (κ2) is 12.1. The van der Waals surface area contributed by atoms with Gasteiger partial charge in [0.15, 0.2) is 0 Å². The lowest BCUT2D eigenvalue weighted by molar-refractivity contribution is -0.0113. The Kier molecular flexibility index (Phi) is 8.58. The summed E-state index contributed by atoms with van der Waals surface area (Å²) in [6.45, 7) is 7.36. The zero-order valence-electron chi connectivity index (χ0n) is 24.4. The Bertz CT molecular complexity index is 1250. The fourth-order valence-corrected chi connectivity index (χ4v) is 5.66. The lowest BCUT2D eigenvalue weighted by Gasteiger charge is -2.40. The molecule has 2 aliphatic heterocycles. The zero-order chi connectivity index (χ0) is 29.1. The zero-order valence-corrected chi connectivity index (χ0v) is 24.4. The van der Waals surface area contributed by atoms with Gasteiger partial charge in [0.25, 0.3) is 5.91 Å². The van der Waals surface area contributed by atoms with Crippen LogP contribution in [0.2, 0.25) is 0 Å². The van der Waals surface area contributed by atoms with Crippen LogP contribution in [0.15, 0.2) is 30.3 Å². The number of aliphatic hydroxyl groups excluding tert-OH is 1. The number of phenols is 1. The van der Waals surface area contributed by atoms with Crippen LogP contribution in [-0.4, -0.2) is 75.5 Å². The molecule has 2 amide bonds. The van der Waals surface area contributed by atoms with E-state index in [1.807, 2.05) is 12.1 Å². The molecule has 2 atom stereocenters. The summed E-state index contributed by atoms with van der Waals surface area (Å²) in [5, 5.41) is 27.6. The van der Waals surface area contributed by atoms with Gasteiger partial charge in [0.1, 0.15) is 23.0 Å². The molecule has 3 aliphatic rings. The average Bonchev–Trinajstić information content (AvgIpc) is 2.92. The van der Waals surface area contributed by atoms with E-state index in [4.69, 9.17) is 9.72 Å². The molecule has 1 saturated carbocycles. The van der Waals surface area contributed by atoms with Crippen LogP contribution in [0.3, 0.4) is 0 Å². The van der Waals surface area contributed by atoms with Gasteiger partial charge in [-0.05, 0) is 101 Å². The number of carbonyl (C=O) groups excluding carboxylic acids is 2. The van der Waals surface area contributed by atoms with E-state index in [1.54, 1.807) is 39.0 Å². The largest absolute Gasteiger partial charge is 0.508 e. The van der Waals surface area contributed by atoms with E-state index >= 15 is 0 Å². The molecule has 41 heavy (non-hydrogen) atoms. The molecule has 2 fully saturated rings. The van der Waals surface area contributed by atoms with Gasteiger partial charge >= 0.3 is 6.09 Å². The highest BCUT2D eigenvalue weighted by molar-refractivity contribution is 5.95. The van der Waals surface area contributed by atoms with Crippen molar-refractivity contribution in [1.82, 2.24) is 15.2 Å². The second-order valence-electron chi connectivity index (χ2n) is 12.5. The maximum absolute atomic E-state index is 13.4. The van der Waals surface area contributed by atoms with Gasteiger partial charge in [0.05, 0.1) is 12.1 Å². The summed E-state index contributed by atoms with van der Waals surface area (Å²) in [6.07, 6.45) is 5.59. The van der Waals surface area contributed by atoms with Crippen LogP contribution < -0.4 is 15.5 Å². The van der Waals surface area contributed by atoms with Crippen LogP contribution in [0.4, 0.5) is 16.4 Å². The molecule has 10 heteroatoms. The summed E-state index contributed by atoms with van der Waals surface area (Å²) in [4.78, 5) is 35.1. The Labute approximate surface area is 242 Å². The van der Waals surface area contributed by atoms with E-state index in [0.29, 0.717) is 23.8 Å². The van der Waals surface area contributed by atoms with E-state index < -0.39 is 23.8 Å². The number of benzene rings is 1. The standard InChI is InChI=1S/C31H43N5O5/c1-31(2,3)41-30(40)36-19-22-14-24(37)11-10-20(22)15-25(36)26(38)18-32-29(39)21-16-27(33-23-8-7-9-23)34-28(17-21)35-12-5-4-6-13-35/h10-11,14,16-17,23,25-26,37-38H,4-9,12-13,15,18-19H2,1-3H3,(H,32,39)(H,33,34)/t25-,26+/m0/s1. The van der Waals surface area contributed by atoms with Gasteiger partial charge in [0, 0.05) is 37.8 Å². The van der Waals surface area contributed by atoms with Crippen molar-refractivity contribution < 1.29 is 24.5 Å². The highest BCUT2D eigenvalue weighted by Crippen LogP contribution is 2.30. The first kappa shape index (κ1) is 29.0. The number of phenolic OH excluding ortho intramolecular Hbond substituents is 1. The van der Waals surface area contributed by atoms with Crippen molar-refractivity contribution in [2.24, 2.45) is 0 Å². The van der Waals surface area contributed by atoms with Gasteiger partial charge in [-0.1, -0.05) is 6.07 Å². The number of nitrogens with zero attached hydrogens (tertiary/aromatic N) is 3. The number of aromatic nitrogens is 1. The molecule has 1 aromatic heterocycles.